The maximum absolute atomic E-state index is 13.7. The van der Waals surface area contributed by atoms with Gasteiger partial charge in [-0.1, -0.05) is 12.1 Å². The Hall–Kier alpha value is -2.53. The number of rotatable bonds is 3. The zero-order valence-electron chi connectivity index (χ0n) is 18.2. The standard InChI is InChI=1S/C22H22F7N3O.ClH/c1-13-7-15(3-4-18(13)23)19-11-30-5-6-32(19)20(33)31(2)12-14-8-16(21(24,25)26)10-17(9-14)22(27,28)29;/h3-4,7-10,19,30H,5-6,11-12H2,1-2H3;1H. The van der Waals surface area contributed by atoms with Gasteiger partial charge < -0.3 is 15.1 Å². The minimum absolute atomic E-state index is 0. The maximum Gasteiger partial charge on any atom is 0.416 e. The van der Waals surface area contributed by atoms with E-state index in [1.165, 1.54) is 18.0 Å². The predicted octanol–water partition coefficient (Wildman–Crippen LogP) is 5.79. The monoisotopic (exact) mass is 513 g/mol. The Morgan fingerprint density at radius 2 is 1.65 bits per heavy atom. The number of halogens is 8. The first-order chi connectivity index (χ1) is 15.3. The minimum Gasteiger partial charge on any atom is -0.323 e. The van der Waals surface area contributed by atoms with E-state index in [1.54, 1.807) is 19.1 Å². The van der Waals surface area contributed by atoms with Gasteiger partial charge in [-0.25, -0.2) is 9.18 Å². The number of urea groups is 1. The molecule has 2 aromatic rings. The summed E-state index contributed by atoms with van der Waals surface area (Å²) in [6.45, 7) is 2.22. The van der Waals surface area contributed by atoms with Crippen LogP contribution in [0.4, 0.5) is 35.5 Å². The highest BCUT2D eigenvalue weighted by atomic mass is 35.5. The smallest absolute Gasteiger partial charge is 0.323 e. The molecule has 34 heavy (non-hydrogen) atoms. The second-order valence-electron chi connectivity index (χ2n) is 7.97. The van der Waals surface area contributed by atoms with Gasteiger partial charge in [-0.2, -0.15) is 26.3 Å². The summed E-state index contributed by atoms with van der Waals surface area (Å²) in [4.78, 5) is 15.7. The molecule has 0 spiro atoms. The number of benzene rings is 2. The number of nitrogens with zero attached hydrogens (tertiary/aromatic N) is 2. The lowest BCUT2D eigenvalue weighted by atomic mass is 10.0. The van der Waals surface area contributed by atoms with Gasteiger partial charge in [-0.15, -0.1) is 12.4 Å². The van der Waals surface area contributed by atoms with Crippen molar-refractivity contribution in [3.05, 3.63) is 70.0 Å². The molecule has 0 radical (unpaired) electrons. The van der Waals surface area contributed by atoms with Gasteiger partial charge in [0.1, 0.15) is 5.82 Å². The molecular formula is C22H23ClF7N3O. The molecule has 2 aromatic carbocycles. The summed E-state index contributed by atoms with van der Waals surface area (Å²) >= 11 is 0. The van der Waals surface area contributed by atoms with Crippen LogP contribution in [0.1, 0.15) is 33.9 Å². The number of hydrogen-bond acceptors (Lipinski definition) is 2. The molecule has 1 saturated heterocycles. The van der Waals surface area contributed by atoms with Crippen molar-refractivity contribution in [2.45, 2.75) is 31.9 Å². The van der Waals surface area contributed by atoms with E-state index in [-0.39, 0.29) is 30.6 Å². The van der Waals surface area contributed by atoms with Crippen molar-refractivity contribution in [1.82, 2.24) is 15.1 Å². The molecule has 0 aliphatic carbocycles. The van der Waals surface area contributed by atoms with Crippen molar-refractivity contribution in [3.63, 3.8) is 0 Å². The van der Waals surface area contributed by atoms with Gasteiger partial charge in [-0.05, 0) is 47.9 Å². The lowest BCUT2D eigenvalue weighted by molar-refractivity contribution is -0.143. The number of nitrogens with one attached hydrogen (secondary N) is 1. The van der Waals surface area contributed by atoms with Crippen molar-refractivity contribution < 1.29 is 35.5 Å². The fourth-order valence-corrected chi connectivity index (χ4v) is 3.78. The fourth-order valence-electron chi connectivity index (χ4n) is 3.78. The summed E-state index contributed by atoms with van der Waals surface area (Å²) in [5.74, 6) is -0.400. The molecule has 3 rings (SSSR count). The summed E-state index contributed by atoms with van der Waals surface area (Å²) in [6.07, 6.45) is -9.94. The third-order valence-electron chi connectivity index (χ3n) is 5.45. The third kappa shape index (κ3) is 6.32. The molecule has 1 aliphatic heterocycles. The number of piperazine rings is 1. The van der Waals surface area contributed by atoms with E-state index in [1.807, 2.05) is 0 Å². The van der Waals surface area contributed by atoms with Crippen LogP contribution in [0.15, 0.2) is 36.4 Å². The summed E-state index contributed by atoms with van der Waals surface area (Å²) in [6, 6.07) is 4.67. The summed E-state index contributed by atoms with van der Waals surface area (Å²) in [5, 5.41) is 3.13. The van der Waals surface area contributed by atoms with Gasteiger partial charge in [0.2, 0.25) is 0 Å². The van der Waals surface area contributed by atoms with E-state index >= 15 is 0 Å². The van der Waals surface area contributed by atoms with Gasteiger partial charge in [-0.3, -0.25) is 0 Å². The second-order valence-corrected chi connectivity index (χ2v) is 7.97. The Balaban J connectivity index is 0.00000408. The Bertz CT molecular complexity index is 994. The van der Waals surface area contributed by atoms with Gasteiger partial charge in [0.15, 0.2) is 0 Å². The quantitative estimate of drug-likeness (QED) is 0.527. The first-order valence-electron chi connectivity index (χ1n) is 10.0. The Morgan fingerprint density at radius 3 is 2.18 bits per heavy atom. The van der Waals surface area contributed by atoms with E-state index in [0.29, 0.717) is 36.3 Å². The molecule has 1 aliphatic rings. The maximum atomic E-state index is 13.7. The average molecular weight is 514 g/mol. The summed E-state index contributed by atoms with van der Waals surface area (Å²) < 4.78 is 92.5. The molecule has 1 heterocycles. The lowest BCUT2D eigenvalue weighted by Crippen LogP contribution is -2.52. The molecular weight excluding hydrogens is 491 g/mol. The molecule has 12 heteroatoms. The number of carbonyl (C=O) groups excluding carboxylic acids is 1. The van der Waals surface area contributed by atoms with Gasteiger partial charge in [0, 0.05) is 33.2 Å². The van der Waals surface area contributed by atoms with Crippen LogP contribution in [0.2, 0.25) is 0 Å². The molecule has 1 fully saturated rings. The zero-order chi connectivity index (χ0) is 24.6. The van der Waals surface area contributed by atoms with E-state index in [4.69, 9.17) is 0 Å². The number of amides is 2. The van der Waals surface area contributed by atoms with Crippen LogP contribution in [0, 0.1) is 12.7 Å². The van der Waals surface area contributed by atoms with Crippen molar-refractivity contribution in [2.75, 3.05) is 26.7 Å². The molecule has 0 saturated carbocycles. The SMILES string of the molecule is Cc1cc(C2CNCCN2C(=O)N(C)Cc2cc(C(F)(F)F)cc(C(F)(F)F)c2)ccc1F.Cl. The number of aryl methyl sites for hydroxylation is 1. The zero-order valence-corrected chi connectivity index (χ0v) is 19.0. The average Bonchev–Trinajstić information content (AvgIpc) is 2.73. The van der Waals surface area contributed by atoms with Gasteiger partial charge in [0.05, 0.1) is 17.2 Å². The van der Waals surface area contributed by atoms with E-state index < -0.39 is 47.9 Å². The number of alkyl halides is 6. The Morgan fingerprint density at radius 1 is 1.06 bits per heavy atom. The molecule has 1 N–H and O–H groups in total. The van der Waals surface area contributed by atoms with Crippen molar-refractivity contribution in [2.24, 2.45) is 0 Å². The lowest BCUT2D eigenvalue weighted by Gasteiger charge is -2.39. The van der Waals surface area contributed by atoms with Crippen molar-refractivity contribution in [1.29, 1.82) is 0 Å². The summed E-state index contributed by atoms with van der Waals surface area (Å²) in [5.41, 5.74) is -2.11. The topological polar surface area (TPSA) is 35.6 Å². The highest BCUT2D eigenvalue weighted by Gasteiger charge is 2.37. The van der Waals surface area contributed by atoms with Crippen LogP contribution < -0.4 is 5.32 Å². The number of carbonyl (C=O) groups is 1. The van der Waals surface area contributed by atoms with Gasteiger partial charge in [0.25, 0.3) is 0 Å². The van der Waals surface area contributed by atoms with E-state index in [0.717, 1.165) is 4.90 Å². The Labute approximate surface area is 198 Å². The molecule has 4 nitrogen and oxygen atoms in total. The van der Waals surface area contributed by atoms with Crippen LogP contribution in [-0.2, 0) is 18.9 Å². The molecule has 1 atom stereocenters. The molecule has 0 bridgehead atoms. The normalized spacial score (nSPS) is 16.7. The predicted molar refractivity (Wildman–Crippen MR) is 114 cm³/mol. The minimum atomic E-state index is -4.97. The molecule has 188 valence electrons. The van der Waals surface area contributed by atoms with Crippen LogP contribution in [0.5, 0.6) is 0 Å². The van der Waals surface area contributed by atoms with E-state index in [2.05, 4.69) is 5.32 Å². The van der Waals surface area contributed by atoms with E-state index in [9.17, 15) is 35.5 Å². The van der Waals surface area contributed by atoms with Crippen molar-refractivity contribution in [3.8, 4) is 0 Å². The molecule has 0 aromatic heterocycles. The fraction of sp³-hybridized carbons (Fsp3) is 0.409. The van der Waals surface area contributed by atoms with Crippen molar-refractivity contribution >= 4 is 18.4 Å². The van der Waals surface area contributed by atoms with Crippen LogP contribution in [-0.4, -0.2) is 42.5 Å². The van der Waals surface area contributed by atoms with Crippen LogP contribution >= 0.6 is 12.4 Å². The highest BCUT2D eigenvalue weighted by molar-refractivity contribution is 5.85. The highest BCUT2D eigenvalue weighted by Crippen LogP contribution is 2.36. The first kappa shape index (κ1) is 27.7. The largest absolute Gasteiger partial charge is 0.416 e. The summed E-state index contributed by atoms with van der Waals surface area (Å²) in [7, 11) is 1.31. The number of hydrogen-bond donors (Lipinski definition) is 1. The second kappa shape index (κ2) is 10.4. The third-order valence-corrected chi connectivity index (χ3v) is 5.45. The molecule has 1 unspecified atom stereocenters. The first-order valence-corrected chi connectivity index (χ1v) is 10.0. The van der Waals surface area contributed by atoms with Crippen LogP contribution in [0.25, 0.3) is 0 Å². The van der Waals surface area contributed by atoms with Gasteiger partial charge >= 0.3 is 18.4 Å². The van der Waals surface area contributed by atoms with Crippen LogP contribution in [0.3, 0.4) is 0 Å². The molecule has 2 amide bonds. The Kier molecular flexibility index (Phi) is 8.47.